The molecule has 2 aromatic rings. The third-order valence-corrected chi connectivity index (χ3v) is 5.11. The molecule has 7 heteroatoms. The topological polar surface area (TPSA) is 76.7 Å². The maximum Gasteiger partial charge on any atom is 0.192 e. The molecule has 0 unspecified atom stereocenters. The summed E-state index contributed by atoms with van der Waals surface area (Å²) in [5, 5.41) is 19.7. The summed E-state index contributed by atoms with van der Waals surface area (Å²) >= 11 is 1.60. The monoisotopic (exact) mass is 317 g/mol. The summed E-state index contributed by atoms with van der Waals surface area (Å²) in [7, 11) is 0. The highest BCUT2D eigenvalue weighted by atomic mass is 32.2. The lowest BCUT2D eigenvalue weighted by Crippen LogP contribution is -2.27. The first-order valence-corrected chi connectivity index (χ1v) is 8.32. The summed E-state index contributed by atoms with van der Waals surface area (Å²) in [6, 6.07) is 0. The Labute approximate surface area is 133 Å². The molecule has 1 fully saturated rings. The molecule has 2 aromatic heterocycles. The van der Waals surface area contributed by atoms with E-state index in [1.807, 2.05) is 10.6 Å². The van der Waals surface area contributed by atoms with Gasteiger partial charge in [-0.15, -0.1) is 16.8 Å². The Morgan fingerprint density at radius 2 is 2.18 bits per heavy atom. The lowest BCUT2D eigenvalue weighted by Gasteiger charge is -2.26. The standard InChI is InChI=1S/C15H19N5OS/c1-2-9-20-14(11-10-16-7-8-17-11)18-19-15(20)22-13-6-4-3-5-12(13)21/h2,7-8,10,12-13,21H,1,3-6,9H2/t12-,13-/m1/s1. The van der Waals surface area contributed by atoms with Crippen LogP contribution in [0.25, 0.3) is 11.5 Å². The van der Waals surface area contributed by atoms with Crippen LogP contribution in [0.15, 0.2) is 36.4 Å². The van der Waals surface area contributed by atoms with Crippen molar-refractivity contribution >= 4 is 11.8 Å². The van der Waals surface area contributed by atoms with E-state index in [9.17, 15) is 5.11 Å². The Kier molecular flexibility index (Phi) is 4.84. The number of thioether (sulfide) groups is 1. The first-order chi connectivity index (χ1) is 10.8. The maximum atomic E-state index is 10.2. The van der Waals surface area contributed by atoms with Crippen LogP contribution in [-0.4, -0.2) is 41.2 Å². The molecule has 1 aliphatic carbocycles. The molecule has 2 atom stereocenters. The van der Waals surface area contributed by atoms with Gasteiger partial charge in [-0.05, 0) is 12.8 Å². The minimum Gasteiger partial charge on any atom is -0.392 e. The van der Waals surface area contributed by atoms with Gasteiger partial charge in [-0.25, -0.2) is 4.98 Å². The van der Waals surface area contributed by atoms with Crippen LogP contribution in [0.2, 0.25) is 0 Å². The molecule has 0 bridgehead atoms. The summed E-state index contributed by atoms with van der Waals surface area (Å²) in [4.78, 5) is 8.37. The smallest absolute Gasteiger partial charge is 0.192 e. The molecule has 116 valence electrons. The van der Waals surface area contributed by atoms with E-state index in [1.165, 1.54) is 0 Å². The van der Waals surface area contributed by atoms with E-state index in [2.05, 4.69) is 26.7 Å². The molecule has 6 nitrogen and oxygen atoms in total. The van der Waals surface area contributed by atoms with E-state index in [-0.39, 0.29) is 11.4 Å². The molecule has 0 aliphatic heterocycles. The lowest BCUT2D eigenvalue weighted by atomic mass is 9.97. The normalized spacial score (nSPS) is 21.7. The summed E-state index contributed by atoms with van der Waals surface area (Å²) in [5.41, 5.74) is 0.688. The fourth-order valence-corrected chi connectivity index (χ4v) is 3.85. The number of hydrogen-bond acceptors (Lipinski definition) is 6. The van der Waals surface area contributed by atoms with Gasteiger partial charge in [0.1, 0.15) is 5.69 Å². The average molecular weight is 317 g/mol. The largest absolute Gasteiger partial charge is 0.392 e. The van der Waals surface area contributed by atoms with Gasteiger partial charge in [-0.2, -0.15) is 0 Å². The zero-order valence-electron chi connectivity index (χ0n) is 12.3. The highest BCUT2D eigenvalue weighted by molar-refractivity contribution is 7.99. The van der Waals surface area contributed by atoms with Crippen molar-refractivity contribution in [1.29, 1.82) is 0 Å². The van der Waals surface area contributed by atoms with Crippen molar-refractivity contribution in [2.45, 2.75) is 48.7 Å². The van der Waals surface area contributed by atoms with E-state index in [1.54, 1.807) is 30.4 Å². The Balaban J connectivity index is 1.88. The second-order valence-corrected chi connectivity index (χ2v) is 6.51. The molecule has 0 saturated heterocycles. The fraction of sp³-hybridized carbons (Fsp3) is 0.467. The quantitative estimate of drug-likeness (QED) is 0.853. The summed E-state index contributed by atoms with van der Waals surface area (Å²) in [5.74, 6) is 0.681. The highest BCUT2D eigenvalue weighted by Gasteiger charge is 2.26. The van der Waals surface area contributed by atoms with E-state index >= 15 is 0 Å². The number of rotatable bonds is 5. The van der Waals surface area contributed by atoms with Crippen molar-refractivity contribution in [1.82, 2.24) is 24.7 Å². The molecule has 3 rings (SSSR count). The van der Waals surface area contributed by atoms with Gasteiger partial charge in [0.2, 0.25) is 0 Å². The molecular formula is C15H19N5OS. The highest BCUT2D eigenvalue weighted by Crippen LogP contribution is 2.34. The molecule has 0 radical (unpaired) electrons. The molecule has 0 amide bonds. The predicted octanol–water partition coefficient (Wildman–Crippen LogP) is 2.32. The van der Waals surface area contributed by atoms with Crippen molar-refractivity contribution in [2.75, 3.05) is 0 Å². The Morgan fingerprint density at radius 1 is 1.32 bits per heavy atom. The number of nitrogens with zero attached hydrogens (tertiary/aromatic N) is 5. The lowest BCUT2D eigenvalue weighted by molar-refractivity contribution is 0.137. The Morgan fingerprint density at radius 3 is 2.91 bits per heavy atom. The molecule has 1 N–H and O–H groups in total. The van der Waals surface area contributed by atoms with Crippen molar-refractivity contribution in [3.05, 3.63) is 31.2 Å². The van der Waals surface area contributed by atoms with E-state index in [0.29, 0.717) is 18.1 Å². The number of aliphatic hydroxyl groups is 1. The van der Waals surface area contributed by atoms with Gasteiger partial charge in [0, 0.05) is 24.2 Å². The van der Waals surface area contributed by atoms with Gasteiger partial charge in [0.25, 0.3) is 0 Å². The number of hydrogen-bond donors (Lipinski definition) is 1. The van der Waals surface area contributed by atoms with Crippen LogP contribution in [0.5, 0.6) is 0 Å². The van der Waals surface area contributed by atoms with E-state index in [0.717, 1.165) is 30.8 Å². The van der Waals surface area contributed by atoms with E-state index < -0.39 is 0 Å². The summed E-state index contributed by atoms with van der Waals surface area (Å²) in [6.45, 7) is 4.40. The predicted molar refractivity (Wildman–Crippen MR) is 85.4 cm³/mol. The average Bonchev–Trinajstić information content (AvgIpc) is 2.94. The molecular weight excluding hydrogens is 298 g/mol. The SMILES string of the molecule is C=CCn1c(S[C@@H]2CCCC[C@H]2O)nnc1-c1cnccn1. The number of allylic oxidation sites excluding steroid dienone is 1. The number of aliphatic hydroxyl groups excluding tert-OH is 1. The molecule has 0 aromatic carbocycles. The van der Waals surface area contributed by atoms with Crippen molar-refractivity contribution in [2.24, 2.45) is 0 Å². The summed E-state index contributed by atoms with van der Waals surface area (Å²) < 4.78 is 1.98. The first-order valence-electron chi connectivity index (χ1n) is 7.45. The second kappa shape index (κ2) is 7.02. The Bertz CT molecular complexity index is 630. The van der Waals surface area contributed by atoms with Crippen LogP contribution in [0.1, 0.15) is 25.7 Å². The zero-order chi connectivity index (χ0) is 15.4. The van der Waals surface area contributed by atoms with Gasteiger partial charge in [-0.1, -0.05) is 30.7 Å². The minimum absolute atomic E-state index is 0.177. The van der Waals surface area contributed by atoms with Crippen LogP contribution in [-0.2, 0) is 6.54 Å². The van der Waals surface area contributed by atoms with Crippen molar-refractivity contribution in [3.8, 4) is 11.5 Å². The van der Waals surface area contributed by atoms with Crippen LogP contribution < -0.4 is 0 Å². The van der Waals surface area contributed by atoms with Crippen molar-refractivity contribution < 1.29 is 5.11 Å². The number of aromatic nitrogens is 5. The van der Waals surface area contributed by atoms with Crippen LogP contribution in [0.3, 0.4) is 0 Å². The maximum absolute atomic E-state index is 10.2. The molecule has 1 saturated carbocycles. The summed E-state index contributed by atoms with van der Waals surface area (Å²) in [6.07, 6.45) is 10.6. The fourth-order valence-electron chi connectivity index (χ4n) is 2.62. The van der Waals surface area contributed by atoms with E-state index in [4.69, 9.17) is 0 Å². The van der Waals surface area contributed by atoms with Crippen LogP contribution in [0.4, 0.5) is 0 Å². The molecule has 22 heavy (non-hydrogen) atoms. The van der Waals surface area contributed by atoms with Gasteiger partial charge in [0.05, 0.1) is 12.3 Å². The minimum atomic E-state index is -0.271. The first kappa shape index (κ1) is 15.2. The molecule has 1 aliphatic rings. The van der Waals surface area contributed by atoms with Crippen LogP contribution in [0, 0.1) is 0 Å². The molecule has 2 heterocycles. The van der Waals surface area contributed by atoms with Gasteiger partial charge < -0.3 is 5.11 Å². The zero-order valence-corrected chi connectivity index (χ0v) is 13.1. The molecule has 0 spiro atoms. The van der Waals surface area contributed by atoms with Crippen LogP contribution >= 0.6 is 11.8 Å². The van der Waals surface area contributed by atoms with Crippen molar-refractivity contribution in [3.63, 3.8) is 0 Å². The Hall–Kier alpha value is -1.73. The second-order valence-electron chi connectivity index (χ2n) is 5.30. The van der Waals surface area contributed by atoms with Gasteiger partial charge in [-0.3, -0.25) is 9.55 Å². The van der Waals surface area contributed by atoms with Gasteiger partial charge in [0.15, 0.2) is 11.0 Å². The third kappa shape index (κ3) is 3.20. The third-order valence-electron chi connectivity index (χ3n) is 3.75. The van der Waals surface area contributed by atoms with Gasteiger partial charge >= 0.3 is 0 Å².